The van der Waals surface area contributed by atoms with Crippen molar-refractivity contribution in [3.63, 3.8) is 0 Å². The number of benzene rings is 2. The van der Waals surface area contributed by atoms with E-state index in [9.17, 15) is 9.41 Å². The van der Waals surface area contributed by atoms with E-state index in [0.29, 0.717) is 50.6 Å². The molecule has 7 heteroatoms. The SMILES string of the molecule is O=Bc1ccc(COCCOCCOCc2ccc(B=O)cc2)cc1. The zero-order chi connectivity index (χ0) is 17.7. The first-order valence-electron chi connectivity index (χ1n) is 8.13. The molecule has 2 rings (SSSR count). The molecule has 0 aliphatic heterocycles. The van der Waals surface area contributed by atoms with Crippen LogP contribution in [0.25, 0.3) is 0 Å². The summed E-state index contributed by atoms with van der Waals surface area (Å²) in [7, 11) is 1.64. The second-order valence-corrected chi connectivity index (χ2v) is 5.44. The first kappa shape index (κ1) is 19.4. The van der Waals surface area contributed by atoms with Crippen molar-refractivity contribution in [2.75, 3.05) is 26.4 Å². The Morgan fingerprint density at radius 3 is 1.28 bits per heavy atom. The van der Waals surface area contributed by atoms with Crippen LogP contribution < -0.4 is 10.9 Å². The predicted octanol–water partition coefficient (Wildman–Crippen LogP) is 0.787. The van der Waals surface area contributed by atoms with Crippen molar-refractivity contribution in [1.29, 1.82) is 0 Å². The molecule has 2 aromatic rings. The fourth-order valence-electron chi connectivity index (χ4n) is 2.10. The molecule has 2 aromatic carbocycles. The summed E-state index contributed by atoms with van der Waals surface area (Å²) in [5.74, 6) is 0. The van der Waals surface area contributed by atoms with Crippen molar-refractivity contribution in [1.82, 2.24) is 0 Å². The van der Waals surface area contributed by atoms with Gasteiger partial charge in [-0.15, -0.1) is 0 Å². The molecular weight excluding hydrogens is 318 g/mol. The third-order valence-electron chi connectivity index (χ3n) is 3.51. The Morgan fingerprint density at radius 1 is 0.560 bits per heavy atom. The summed E-state index contributed by atoms with van der Waals surface area (Å²) in [6.07, 6.45) is 0. The van der Waals surface area contributed by atoms with E-state index in [-0.39, 0.29) is 0 Å². The molecule has 0 radical (unpaired) electrons. The van der Waals surface area contributed by atoms with Gasteiger partial charge in [0.2, 0.25) is 0 Å². The average Bonchev–Trinajstić information content (AvgIpc) is 2.67. The van der Waals surface area contributed by atoms with Gasteiger partial charge in [0.1, 0.15) is 0 Å². The van der Waals surface area contributed by atoms with Gasteiger partial charge in [0.15, 0.2) is 0 Å². The summed E-state index contributed by atoms with van der Waals surface area (Å²) < 4.78 is 37.6. The van der Waals surface area contributed by atoms with Crippen molar-refractivity contribution in [2.24, 2.45) is 0 Å². The van der Waals surface area contributed by atoms with Crippen LogP contribution in [0, 0.1) is 0 Å². The Morgan fingerprint density at radius 2 is 0.920 bits per heavy atom. The summed E-state index contributed by atoms with van der Waals surface area (Å²) in [6, 6.07) is 14.6. The van der Waals surface area contributed by atoms with E-state index in [1.807, 2.05) is 24.3 Å². The maximum absolute atomic E-state index is 10.6. The second kappa shape index (κ2) is 11.6. The van der Waals surface area contributed by atoms with Crippen LogP contribution >= 0.6 is 0 Å². The minimum atomic E-state index is 0.496. The molecule has 0 aliphatic carbocycles. The van der Waals surface area contributed by atoms with Gasteiger partial charge >= 0.3 is 148 Å². The molecule has 0 aliphatic rings. The summed E-state index contributed by atoms with van der Waals surface area (Å²) in [5, 5.41) is 0. The third kappa shape index (κ3) is 7.65. The van der Waals surface area contributed by atoms with Crippen LogP contribution in [0.5, 0.6) is 0 Å². The van der Waals surface area contributed by atoms with Crippen molar-refractivity contribution in [3.8, 4) is 0 Å². The normalized spacial score (nSPS) is 10.2. The van der Waals surface area contributed by atoms with E-state index in [0.717, 1.165) is 25.4 Å². The molecule has 0 fully saturated rings. The average molecular weight is 338 g/mol. The predicted molar refractivity (Wildman–Crippen MR) is 95.2 cm³/mol. The van der Waals surface area contributed by atoms with Gasteiger partial charge in [0, 0.05) is 0 Å². The molecule has 0 saturated heterocycles. The van der Waals surface area contributed by atoms with Crippen molar-refractivity contribution in [2.45, 2.75) is 13.2 Å². The van der Waals surface area contributed by atoms with Gasteiger partial charge in [-0.25, -0.2) is 0 Å². The van der Waals surface area contributed by atoms with Crippen LogP contribution in [0.15, 0.2) is 48.5 Å². The molecule has 0 atom stereocenters. The Kier molecular flexibility index (Phi) is 8.97. The topological polar surface area (TPSA) is 61.8 Å². The number of hydrogen-bond donors (Lipinski definition) is 0. The van der Waals surface area contributed by atoms with E-state index in [2.05, 4.69) is 0 Å². The van der Waals surface area contributed by atoms with E-state index < -0.39 is 0 Å². The minimum absolute atomic E-state index is 0.496. The van der Waals surface area contributed by atoms with Crippen molar-refractivity contribution >= 4 is 25.2 Å². The quantitative estimate of drug-likeness (QED) is 0.423. The summed E-state index contributed by atoms with van der Waals surface area (Å²) in [4.78, 5) is 0. The summed E-state index contributed by atoms with van der Waals surface area (Å²) in [6.45, 7) is 3.00. The molecule has 0 aromatic heterocycles. The van der Waals surface area contributed by atoms with Gasteiger partial charge in [-0.2, -0.15) is 0 Å². The van der Waals surface area contributed by atoms with Crippen LogP contribution in [0.4, 0.5) is 0 Å². The van der Waals surface area contributed by atoms with Gasteiger partial charge in [-0.3, -0.25) is 0 Å². The van der Waals surface area contributed by atoms with Crippen LogP contribution in [-0.2, 0) is 36.8 Å². The van der Waals surface area contributed by atoms with Gasteiger partial charge in [0.05, 0.1) is 0 Å². The molecule has 128 valence electrons. The molecule has 0 spiro atoms. The molecule has 0 saturated carbocycles. The van der Waals surface area contributed by atoms with E-state index in [1.54, 1.807) is 24.3 Å². The molecule has 5 nitrogen and oxygen atoms in total. The van der Waals surface area contributed by atoms with Crippen LogP contribution in [-0.4, -0.2) is 40.7 Å². The fourth-order valence-corrected chi connectivity index (χ4v) is 2.10. The van der Waals surface area contributed by atoms with Gasteiger partial charge in [0.25, 0.3) is 0 Å². The Balaban J connectivity index is 1.46. The van der Waals surface area contributed by atoms with Crippen LogP contribution in [0.2, 0.25) is 0 Å². The first-order chi connectivity index (χ1) is 12.3. The van der Waals surface area contributed by atoms with Crippen LogP contribution in [0.1, 0.15) is 11.1 Å². The Hall–Kier alpha value is -1.95. The summed E-state index contributed by atoms with van der Waals surface area (Å²) >= 11 is 0. The van der Waals surface area contributed by atoms with E-state index in [4.69, 9.17) is 14.2 Å². The van der Waals surface area contributed by atoms with Gasteiger partial charge < -0.3 is 0 Å². The first-order valence-corrected chi connectivity index (χ1v) is 8.13. The monoisotopic (exact) mass is 338 g/mol. The number of rotatable bonds is 12. The van der Waals surface area contributed by atoms with Crippen molar-refractivity contribution in [3.05, 3.63) is 59.7 Å². The summed E-state index contributed by atoms with van der Waals surface area (Å²) in [5.41, 5.74) is 3.36. The second-order valence-electron chi connectivity index (χ2n) is 5.44. The molecular formula is C18H20B2O5. The van der Waals surface area contributed by atoms with E-state index >= 15 is 0 Å². The molecule has 0 bridgehead atoms. The third-order valence-corrected chi connectivity index (χ3v) is 3.51. The molecule has 0 N–H and O–H groups in total. The van der Waals surface area contributed by atoms with Gasteiger partial charge in [-0.1, -0.05) is 0 Å². The standard InChI is InChI=1S/C18H20B2O5/c21-19-17-5-1-15(2-6-17)13-24-11-9-23-10-12-25-14-16-3-7-18(20-22)8-4-16/h1-8H,9-14H2. The molecule has 25 heavy (non-hydrogen) atoms. The maximum atomic E-state index is 10.6. The Labute approximate surface area is 148 Å². The number of ether oxygens (including phenoxy) is 3. The zero-order valence-corrected chi connectivity index (χ0v) is 14.1. The van der Waals surface area contributed by atoms with Crippen molar-refractivity contribution < 1.29 is 23.6 Å². The Bertz CT molecular complexity index is 586. The number of hydrogen-bond acceptors (Lipinski definition) is 5. The van der Waals surface area contributed by atoms with Crippen LogP contribution in [0.3, 0.4) is 0 Å². The van der Waals surface area contributed by atoms with E-state index in [1.165, 1.54) is 0 Å². The van der Waals surface area contributed by atoms with Gasteiger partial charge in [-0.05, 0) is 0 Å². The molecule has 0 unspecified atom stereocenters. The zero-order valence-electron chi connectivity index (χ0n) is 14.1. The molecule has 0 amide bonds. The molecule has 0 heterocycles. The fraction of sp³-hybridized carbons (Fsp3) is 0.333.